The van der Waals surface area contributed by atoms with Crippen molar-refractivity contribution in [2.24, 2.45) is 0 Å². The molecule has 0 bridgehead atoms. The molecule has 20 heavy (non-hydrogen) atoms. The predicted molar refractivity (Wildman–Crippen MR) is 87.6 cm³/mol. The van der Waals surface area contributed by atoms with Gasteiger partial charge in [0.15, 0.2) is 0 Å². The van der Waals surface area contributed by atoms with Gasteiger partial charge in [-0.3, -0.25) is 9.97 Å². The van der Waals surface area contributed by atoms with Crippen molar-refractivity contribution in [1.82, 2.24) is 9.97 Å². The van der Waals surface area contributed by atoms with Crippen molar-refractivity contribution in [2.45, 2.75) is 91.9 Å². The van der Waals surface area contributed by atoms with E-state index in [-0.39, 0.29) is 10.8 Å². The van der Waals surface area contributed by atoms with Gasteiger partial charge < -0.3 is 0 Å². The van der Waals surface area contributed by atoms with Crippen molar-refractivity contribution in [3.63, 3.8) is 0 Å². The Labute approximate surface area is 125 Å². The molecule has 1 aromatic rings. The Hall–Kier alpha value is -0.920. The predicted octanol–water partition coefficient (Wildman–Crippen LogP) is 5.32. The lowest BCUT2D eigenvalue weighted by molar-refractivity contribution is 0.500. The van der Waals surface area contributed by atoms with E-state index in [9.17, 15) is 0 Å². The zero-order valence-corrected chi connectivity index (χ0v) is 15.0. The van der Waals surface area contributed by atoms with E-state index in [4.69, 9.17) is 9.97 Å². The van der Waals surface area contributed by atoms with Crippen LogP contribution in [-0.4, -0.2) is 9.97 Å². The fraction of sp³-hybridized carbons (Fsp3) is 0.778. The quantitative estimate of drug-likeness (QED) is 0.730. The molecular weight excluding hydrogens is 244 g/mol. The highest BCUT2D eigenvalue weighted by atomic mass is 14.9. The van der Waals surface area contributed by atoms with Gasteiger partial charge in [-0.2, -0.15) is 0 Å². The molecule has 2 nitrogen and oxygen atoms in total. The van der Waals surface area contributed by atoms with Gasteiger partial charge >= 0.3 is 0 Å². The molecule has 0 aliphatic carbocycles. The van der Waals surface area contributed by atoms with E-state index in [0.717, 1.165) is 22.8 Å². The molecule has 0 N–H and O–H groups in total. The first-order chi connectivity index (χ1) is 8.85. The maximum Gasteiger partial charge on any atom is 0.0678 e. The first-order valence-corrected chi connectivity index (χ1v) is 7.78. The lowest BCUT2D eigenvalue weighted by atomic mass is 9.83. The molecule has 0 spiro atoms. The molecule has 0 amide bonds. The second-order valence-electron chi connectivity index (χ2n) is 8.50. The number of hydrogen-bond donors (Lipinski definition) is 0. The highest BCUT2D eigenvalue weighted by molar-refractivity contribution is 5.32. The monoisotopic (exact) mass is 276 g/mol. The third-order valence-electron chi connectivity index (χ3n) is 3.46. The van der Waals surface area contributed by atoms with Crippen LogP contribution in [0.3, 0.4) is 0 Å². The van der Waals surface area contributed by atoms with Gasteiger partial charge in [-0.1, -0.05) is 69.2 Å². The standard InChI is InChI=1S/C18H32N2/c1-11(2)13-15(17(5,6)7)20-16(18(8,9)10)14(19-13)12(3)4/h11-12H,1-10H3. The van der Waals surface area contributed by atoms with Crippen LogP contribution in [0, 0.1) is 0 Å². The van der Waals surface area contributed by atoms with E-state index in [1.807, 2.05) is 0 Å². The number of aromatic nitrogens is 2. The Bertz CT molecular complexity index is 430. The first-order valence-electron chi connectivity index (χ1n) is 7.78. The van der Waals surface area contributed by atoms with Crippen LogP contribution in [0.15, 0.2) is 0 Å². The zero-order chi connectivity index (χ0) is 15.9. The summed E-state index contributed by atoms with van der Waals surface area (Å²) < 4.78 is 0. The maximum absolute atomic E-state index is 5.10. The van der Waals surface area contributed by atoms with Gasteiger partial charge in [-0.25, -0.2) is 0 Å². The summed E-state index contributed by atoms with van der Waals surface area (Å²) in [6.07, 6.45) is 0. The molecule has 0 aliphatic heterocycles. The third kappa shape index (κ3) is 3.59. The Morgan fingerprint density at radius 1 is 0.600 bits per heavy atom. The van der Waals surface area contributed by atoms with Crippen molar-refractivity contribution < 1.29 is 0 Å². The van der Waals surface area contributed by atoms with E-state index < -0.39 is 0 Å². The zero-order valence-electron chi connectivity index (χ0n) is 15.0. The number of hydrogen-bond acceptors (Lipinski definition) is 2. The molecule has 1 heterocycles. The van der Waals surface area contributed by atoms with Crippen molar-refractivity contribution in [3.8, 4) is 0 Å². The van der Waals surface area contributed by atoms with Crippen LogP contribution < -0.4 is 0 Å². The fourth-order valence-electron chi connectivity index (χ4n) is 2.37. The van der Waals surface area contributed by atoms with E-state index in [0.29, 0.717) is 11.8 Å². The van der Waals surface area contributed by atoms with Crippen LogP contribution in [0.25, 0.3) is 0 Å². The van der Waals surface area contributed by atoms with Gasteiger partial charge in [0.1, 0.15) is 0 Å². The molecule has 2 heteroatoms. The number of nitrogens with zero attached hydrogens (tertiary/aromatic N) is 2. The average molecular weight is 276 g/mol. The fourth-order valence-corrected chi connectivity index (χ4v) is 2.37. The lowest BCUT2D eigenvalue weighted by Gasteiger charge is -2.29. The van der Waals surface area contributed by atoms with Crippen molar-refractivity contribution in [1.29, 1.82) is 0 Å². The molecule has 1 aromatic heterocycles. The smallest absolute Gasteiger partial charge is 0.0678 e. The normalized spacial score (nSPS) is 13.4. The van der Waals surface area contributed by atoms with E-state index in [1.165, 1.54) is 0 Å². The minimum absolute atomic E-state index is 0.0299. The number of rotatable bonds is 2. The van der Waals surface area contributed by atoms with Crippen LogP contribution in [0.4, 0.5) is 0 Å². The Kier molecular flexibility index (Phi) is 4.68. The molecule has 0 saturated carbocycles. The van der Waals surface area contributed by atoms with Crippen molar-refractivity contribution in [3.05, 3.63) is 22.8 Å². The maximum atomic E-state index is 5.10. The first kappa shape index (κ1) is 17.1. The van der Waals surface area contributed by atoms with Gasteiger partial charge in [-0.05, 0) is 11.8 Å². The molecule has 0 saturated heterocycles. The summed E-state index contributed by atoms with van der Waals surface area (Å²) in [6, 6.07) is 0. The topological polar surface area (TPSA) is 25.8 Å². The van der Waals surface area contributed by atoms with Crippen LogP contribution >= 0.6 is 0 Å². The molecule has 0 radical (unpaired) electrons. The molecule has 0 fully saturated rings. The second kappa shape index (κ2) is 5.46. The Balaban J connectivity index is 3.70. The summed E-state index contributed by atoms with van der Waals surface area (Å²) >= 11 is 0. The largest absolute Gasteiger partial charge is 0.253 e. The third-order valence-corrected chi connectivity index (χ3v) is 3.46. The van der Waals surface area contributed by atoms with Gasteiger partial charge in [-0.15, -0.1) is 0 Å². The summed E-state index contributed by atoms with van der Waals surface area (Å²) in [7, 11) is 0. The van der Waals surface area contributed by atoms with E-state index in [1.54, 1.807) is 0 Å². The average Bonchev–Trinajstić information content (AvgIpc) is 2.24. The van der Waals surface area contributed by atoms with Crippen LogP contribution in [0.5, 0.6) is 0 Å². The molecule has 1 rings (SSSR count). The van der Waals surface area contributed by atoms with Gasteiger partial charge in [0, 0.05) is 10.8 Å². The summed E-state index contributed by atoms with van der Waals surface area (Å²) in [5.41, 5.74) is 4.69. The molecule has 0 unspecified atom stereocenters. The molecule has 0 aromatic carbocycles. The van der Waals surface area contributed by atoms with Crippen LogP contribution in [-0.2, 0) is 10.8 Å². The highest BCUT2D eigenvalue weighted by Crippen LogP contribution is 2.34. The summed E-state index contributed by atoms with van der Waals surface area (Å²) in [5.74, 6) is 0.812. The lowest BCUT2D eigenvalue weighted by Crippen LogP contribution is -2.26. The Morgan fingerprint density at radius 2 is 0.900 bits per heavy atom. The van der Waals surface area contributed by atoms with E-state index >= 15 is 0 Å². The van der Waals surface area contributed by atoms with E-state index in [2.05, 4.69) is 69.2 Å². The molecule has 0 atom stereocenters. The second-order valence-corrected chi connectivity index (χ2v) is 8.50. The molecule has 114 valence electrons. The highest BCUT2D eigenvalue weighted by Gasteiger charge is 2.29. The van der Waals surface area contributed by atoms with Crippen molar-refractivity contribution in [2.75, 3.05) is 0 Å². The molecule has 0 aliphatic rings. The summed E-state index contributed by atoms with van der Waals surface area (Å²) in [4.78, 5) is 10.1. The van der Waals surface area contributed by atoms with Gasteiger partial charge in [0.2, 0.25) is 0 Å². The van der Waals surface area contributed by atoms with Gasteiger partial charge in [0.25, 0.3) is 0 Å². The minimum atomic E-state index is 0.0299. The van der Waals surface area contributed by atoms with Crippen LogP contribution in [0.2, 0.25) is 0 Å². The van der Waals surface area contributed by atoms with Crippen molar-refractivity contribution >= 4 is 0 Å². The molecular formula is C18H32N2. The van der Waals surface area contributed by atoms with Crippen LogP contribution in [0.1, 0.15) is 104 Å². The minimum Gasteiger partial charge on any atom is -0.253 e. The summed E-state index contributed by atoms with van der Waals surface area (Å²) in [5, 5.41) is 0. The Morgan fingerprint density at radius 3 is 1.10 bits per heavy atom. The SMILES string of the molecule is CC(C)c1nc(C(C)C)c(C(C)(C)C)nc1C(C)(C)C. The van der Waals surface area contributed by atoms with Gasteiger partial charge in [0.05, 0.1) is 22.8 Å². The summed E-state index contributed by atoms with van der Waals surface area (Å²) in [6.45, 7) is 22.2.